The second-order valence-corrected chi connectivity index (χ2v) is 9.19. The van der Waals surface area contributed by atoms with Crippen LogP contribution in [0.25, 0.3) is 0 Å². The van der Waals surface area contributed by atoms with Gasteiger partial charge < -0.3 is 0 Å². The Morgan fingerprint density at radius 1 is 1.07 bits per heavy atom. The van der Waals surface area contributed by atoms with Crippen molar-refractivity contribution in [1.29, 1.82) is 0 Å². The molecule has 0 spiro atoms. The highest BCUT2D eigenvalue weighted by molar-refractivity contribution is 6.30. The molecule has 2 aromatic carbocycles. The summed E-state index contributed by atoms with van der Waals surface area (Å²) in [6, 6.07) is 13.4. The molecule has 0 aromatic heterocycles. The van der Waals surface area contributed by atoms with Gasteiger partial charge in [-0.3, -0.25) is 9.79 Å². The van der Waals surface area contributed by atoms with Crippen LogP contribution in [0, 0.1) is 25.2 Å². The standard InChI is InChI=1S/C13H17NO.C7H7Cl.C7H16/c1-9(2)8-14-13-7-12(11(4)15)6-5-10(13)3;1-6-3-2-4-7(8)5-6;1-5-7(3,4)6-2/h5-9H,1-4H3;2-5H,1H3;5-6H2,1-4H3. The summed E-state index contributed by atoms with van der Waals surface area (Å²) in [5.41, 5.74) is 4.49. The largest absolute Gasteiger partial charge is 0.295 e. The van der Waals surface area contributed by atoms with Gasteiger partial charge in [0.1, 0.15) is 0 Å². The Labute approximate surface area is 189 Å². The zero-order valence-corrected chi connectivity index (χ0v) is 21.1. The van der Waals surface area contributed by atoms with Crippen LogP contribution in [-0.2, 0) is 0 Å². The molecule has 0 aliphatic rings. The van der Waals surface area contributed by atoms with Gasteiger partial charge in [0, 0.05) is 16.8 Å². The van der Waals surface area contributed by atoms with Crippen molar-refractivity contribution >= 4 is 29.3 Å². The second-order valence-electron chi connectivity index (χ2n) is 8.75. The van der Waals surface area contributed by atoms with Crippen molar-refractivity contribution < 1.29 is 4.79 Å². The van der Waals surface area contributed by atoms with Crippen molar-refractivity contribution in [2.45, 2.75) is 75.2 Å². The lowest BCUT2D eigenvalue weighted by atomic mass is 9.88. The maximum atomic E-state index is 11.2. The fourth-order valence-electron chi connectivity index (χ4n) is 2.05. The lowest BCUT2D eigenvalue weighted by molar-refractivity contribution is 0.101. The van der Waals surface area contributed by atoms with Crippen LogP contribution >= 0.6 is 11.6 Å². The van der Waals surface area contributed by atoms with E-state index in [9.17, 15) is 4.79 Å². The summed E-state index contributed by atoms with van der Waals surface area (Å²) in [7, 11) is 0. The van der Waals surface area contributed by atoms with Crippen LogP contribution in [0.1, 0.15) is 82.8 Å². The Morgan fingerprint density at radius 3 is 2.03 bits per heavy atom. The van der Waals surface area contributed by atoms with E-state index in [4.69, 9.17) is 11.6 Å². The van der Waals surface area contributed by atoms with Crippen LogP contribution in [0.5, 0.6) is 0 Å². The predicted molar refractivity (Wildman–Crippen MR) is 135 cm³/mol. The topological polar surface area (TPSA) is 29.4 Å². The van der Waals surface area contributed by atoms with Crippen LogP contribution in [0.15, 0.2) is 47.5 Å². The highest BCUT2D eigenvalue weighted by atomic mass is 35.5. The van der Waals surface area contributed by atoms with Crippen LogP contribution in [0.2, 0.25) is 5.02 Å². The Morgan fingerprint density at radius 2 is 1.67 bits per heavy atom. The van der Waals surface area contributed by atoms with E-state index < -0.39 is 0 Å². The molecule has 0 N–H and O–H groups in total. The quantitative estimate of drug-likeness (QED) is 0.344. The number of halogens is 1. The lowest BCUT2D eigenvalue weighted by Crippen LogP contribution is -2.05. The molecule has 30 heavy (non-hydrogen) atoms. The molecular formula is C27H40ClNO. The van der Waals surface area contributed by atoms with Crippen molar-refractivity contribution in [3.05, 3.63) is 64.2 Å². The summed E-state index contributed by atoms with van der Waals surface area (Å²) >= 11 is 5.64. The Kier molecular flexibility index (Phi) is 13.2. The zero-order chi connectivity index (χ0) is 23.3. The van der Waals surface area contributed by atoms with E-state index in [1.165, 1.54) is 18.4 Å². The highest BCUT2D eigenvalue weighted by Crippen LogP contribution is 2.23. The highest BCUT2D eigenvalue weighted by Gasteiger charge is 2.09. The number of ketones is 1. The van der Waals surface area contributed by atoms with Crippen molar-refractivity contribution in [2.75, 3.05) is 0 Å². The van der Waals surface area contributed by atoms with Crippen LogP contribution in [0.4, 0.5) is 5.69 Å². The molecule has 0 heterocycles. The van der Waals surface area contributed by atoms with E-state index in [-0.39, 0.29) is 5.78 Å². The molecule has 2 aromatic rings. The third kappa shape index (κ3) is 12.6. The Balaban J connectivity index is 0.000000471. The zero-order valence-electron chi connectivity index (χ0n) is 20.3. The van der Waals surface area contributed by atoms with E-state index in [0.717, 1.165) is 21.8 Å². The van der Waals surface area contributed by atoms with Crippen LogP contribution < -0.4 is 0 Å². The molecule has 0 atom stereocenters. The number of rotatable bonds is 5. The van der Waals surface area contributed by atoms with Gasteiger partial charge in [-0.1, -0.05) is 90.3 Å². The fraction of sp³-hybridized carbons (Fsp3) is 0.481. The summed E-state index contributed by atoms with van der Waals surface area (Å²) in [5.74, 6) is 0.501. The van der Waals surface area contributed by atoms with E-state index in [2.05, 4.69) is 46.5 Å². The minimum Gasteiger partial charge on any atom is -0.295 e. The molecule has 166 valence electrons. The maximum absolute atomic E-state index is 11.2. The number of hydrogen-bond donors (Lipinski definition) is 0. The van der Waals surface area contributed by atoms with E-state index in [0.29, 0.717) is 11.3 Å². The van der Waals surface area contributed by atoms with Gasteiger partial charge in [0.15, 0.2) is 5.78 Å². The molecule has 0 saturated carbocycles. The molecule has 2 nitrogen and oxygen atoms in total. The fourth-order valence-corrected chi connectivity index (χ4v) is 2.30. The summed E-state index contributed by atoms with van der Waals surface area (Å²) in [5, 5.41) is 0.810. The van der Waals surface area contributed by atoms with Gasteiger partial charge in [-0.15, -0.1) is 0 Å². The number of hydrogen-bond acceptors (Lipinski definition) is 2. The molecular weight excluding hydrogens is 390 g/mol. The summed E-state index contributed by atoms with van der Waals surface area (Å²) in [4.78, 5) is 15.6. The molecule has 3 heteroatoms. The summed E-state index contributed by atoms with van der Waals surface area (Å²) in [6.07, 6.45) is 4.49. The molecule has 0 unspecified atom stereocenters. The van der Waals surface area contributed by atoms with Crippen LogP contribution in [0.3, 0.4) is 0 Å². The average Bonchev–Trinajstić information content (AvgIpc) is 2.68. The molecule has 0 bridgehead atoms. The summed E-state index contributed by atoms with van der Waals surface area (Å²) in [6.45, 7) is 18.8. The van der Waals surface area contributed by atoms with Crippen molar-refractivity contribution in [1.82, 2.24) is 0 Å². The smallest absolute Gasteiger partial charge is 0.159 e. The number of Topliss-reactive ketones (excluding diaryl/α,β-unsaturated/α-hetero) is 1. The number of carbonyl (C=O) groups excluding carboxylic acids is 1. The molecule has 0 aliphatic heterocycles. The lowest BCUT2D eigenvalue weighted by Gasteiger charge is -2.18. The summed E-state index contributed by atoms with van der Waals surface area (Å²) < 4.78 is 0. The first-order valence-corrected chi connectivity index (χ1v) is 11.2. The number of nitrogens with zero attached hydrogens (tertiary/aromatic N) is 1. The number of aryl methyl sites for hydroxylation is 2. The predicted octanol–water partition coefficient (Wildman–Crippen LogP) is 9.04. The number of carbonyl (C=O) groups is 1. The molecule has 0 saturated heterocycles. The van der Waals surface area contributed by atoms with E-state index in [1.807, 2.05) is 62.5 Å². The normalized spacial score (nSPS) is 10.9. The molecule has 0 amide bonds. The monoisotopic (exact) mass is 429 g/mol. The molecule has 0 radical (unpaired) electrons. The van der Waals surface area contributed by atoms with Gasteiger partial charge in [-0.05, 0) is 61.4 Å². The van der Waals surface area contributed by atoms with Gasteiger partial charge in [0.2, 0.25) is 0 Å². The van der Waals surface area contributed by atoms with Gasteiger partial charge in [0.25, 0.3) is 0 Å². The molecule has 2 rings (SSSR count). The maximum Gasteiger partial charge on any atom is 0.159 e. The van der Waals surface area contributed by atoms with Crippen molar-refractivity contribution in [3.8, 4) is 0 Å². The van der Waals surface area contributed by atoms with Crippen molar-refractivity contribution in [2.24, 2.45) is 16.3 Å². The van der Waals surface area contributed by atoms with Gasteiger partial charge in [0.05, 0.1) is 5.69 Å². The Hall–Kier alpha value is -1.93. The van der Waals surface area contributed by atoms with Gasteiger partial charge in [-0.2, -0.15) is 0 Å². The third-order valence-electron chi connectivity index (χ3n) is 5.02. The first kappa shape index (κ1) is 28.1. The molecule has 0 fully saturated rings. The minimum atomic E-state index is 0.0796. The van der Waals surface area contributed by atoms with Crippen LogP contribution in [-0.4, -0.2) is 12.0 Å². The minimum absolute atomic E-state index is 0.0796. The number of aliphatic imine (C=N–C) groups is 1. The average molecular weight is 430 g/mol. The number of benzene rings is 2. The molecule has 0 aliphatic carbocycles. The van der Waals surface area contributed by atoms with E-state index >= 15 is 0 Å². The van der Waals surface area contributed by atoms with Gasteiger partial charge in [-0.25, -0.2) is 0 Å². The Bertz CT molecular complexity index is 783. The first-order chi connectivity index (χ1) is 13.9. The first-order valence-electron chi connectivity index (χ1n) is 10.8. The van der Waals surface area contributed by atoms with Gasteiger partial charge >= 0.3 is 0 Å². The van der Waals surface area contributed by atoms with E-state index in [1.54, 1.807) is 6.92 Å². The second kappa shape index (κ2) is 14.1. The third-order valence-corrected chi connectivity index (χ3v) is 5.26. The van der Waals surface area contributed by atoms with Crippen molar-refractivity contribution in [3.63, 3.8) is 0 Å². The SMILES string of the molecule is CC(=O)c1ccc(C)c(N=CC(C)C)c1.CCC(C)(C)CC.Cc1cccc(Cl)c1.